The molecule has 4 heteroatoms. The molecule has 1 saturated heterocycles. The Labute approximate surface area is 120 Å². The van der Waals surface area contributed by atoms with E-state index in [1.165, 1.54) is 19.3 Å². The summed E-state index contributed by atoms with van der Waals surface area (Å²) in [7, 11) is 0. The van der Waals surface area contributed by atoms with Gasteiger partial charge in [0.25, 0.3) is 5.91 Å². The van der Waals surface area contributed by atoms with Crippen molar-refractivity contribution in [2.24, 2.45) is 0 Å². The number of nitriles is 1. The van der Waals surface area contributed by atoms with Crippen molar-refractivity contribution >= 4 is 5.91 Å². The lowest BCUT2D eigenvalue weighted by Gasteiger charge is -2.33. The van der Waals surface area contributed by atoms with Crippen molar-refractivity contribution < 1.29 is 4.79 Å². The molecule has 1 heterocycles. The highest BCUT2D eigenvalue weighted by Crippen LogP contribution is 2.15. The summed E-state index contributed by atoms with van der Waals surface area (Å²) in [5, 5.41) is 11.8. The first-order valence-electron chi connectivity index (χ1n) is 7.23. The average molecular weight is 271 g/mol. The minimum Gasteiger partial charge on any atom is -0.351 e. The number of hydrogen-bond acceptors (Lipinski definition) is 3. The number of hydrogen-bond donors (Lipinski definition) is 1. The third kappa shape index (κ3) is 3.82. The van der Waals surface area contributed by atoms with Crippen molar-refractivity contribution in [2.75, 3.05) is 19.6 Å². The first-order valence-corrected chi connectivity index (χ1v) is 7.23. The fourth-order valence-corrected chi connectivity index (χ4v) is 2.63. The van der Waals surface area contributed by atoms with Crippen LogP contribution in [0.5, 0.6) is 0 Å². The van der Waals surface area contributed by atoms with Gasteiger partial charge in [-0.05, 0) is 44.5 Å². The molecule has 1 aliphatic heterocycles. The Bertz CT molecular complexity index is 507. The Hall–Kier alpha value is -1.86. The van der Waals surface area contributed by atoms with Crippen LogP contribution in [0.15, 0.2) is 24.3 Å². The van der Waals surface area contributed by atoms with Gasteiger partial charge in [-0.1, -0.05) is 12.5 Å². The molecule has 0 aliphatic carbocycles. The van der Waals surface area contributed by atoms with E-state index in [0.29, 0.717) is 23.7 Å². The van der Waals surface area contributed by atoms with Gasteiger partial charge in [0, 0.05) is 24.7 Å². The quantitative estimate of drug-likeness (QED) is 0.913. The molecule has 1 aromatic rings. The number of nitrogens with one attached hydrogen (secondary N) is 1. The molecule has 0 radical (unpaired) electrons. The minimum absolute atomic E-state index is 0.105. The maximum absolute atomic E-state index is 12.0. The topological polar surface area (TPSA) is 56.1 Å². The summed E-state index contributed by atoms with van der Waals surface area (Å²) in [5.41, 5.74) is 1.07. The van der Waals surface area contributed by atoms with Gasteiger partial charge in [0.15, 0.2) is 0 Å². The number of benzene rings is 1. The maximum atomic E-state index is 12.0. The van der Waals surface area contributed by atoms with Crippen molar-refractivity contribution in [2.45, 2.75) is 32.2 Å². The monoisotopic (exact) mass is 271 g/mol. The largest absolute Gasteiger partial charge is 0.351 e. The van der Waals surface area contributed by atoms with Crippen molar-refractivity contribution in [1.29, 1.82) is 5.26 Å². The van der Waals surface area contributed by atoms with E-state index in [1.807, 2.05) is 6.07 Å². The highest BCUT2D eigenvalue weighted by Gasteiger charge is 2.17. The van der Waals surface area contributed by atoms with Crippen molar-refractivity contribution in [3.8, 4) is 6.07 Å². The van der Waals surface area contributed by atoms with Crippen LogP contribution in [0.1, 0.15) is 42.1 Å². The number of piperidine rings is 1. The van der Waals surface area contributed by atoms with Gasteiger partial charge in [0.1, 0.15) is 0 Å². The third-order valence-electron chi connectivity index (χ3n) is 3.88. The lowest BCUT2D eigenvalue weighted by molar-refractivity contribution is 0.0938. The number of nitrogens with zero attached hydrogens (tertiary/aromatic N) is 2. The second kappa shape index (κ2) is 7.06. The van der Waals surface area contributed by atoms with Crippen molar-refractivity contribution in [3.63, 3.8) is 0 Å². The average Bonchev–Trinajstić information content (AvgIpc) is 2.49. The zero-order valence-corrected chi connectivity index (χ0v) is 11.9. The number of rotatable bonds is 4. The first-order chi connectivity index (χ1) is 9.70. The molecule has 1 N–H and O–H groups in total. The Kier molecular flexibility index (Phi) is 5.14. The predicted octanol–water partition coefficient (Wildman–Crippen LogP) is 2.16. The van der Waals surface area contributed by atoms with Gasteiger partial charge in [-0.15, -0.1) is 0 Å². The number of amides is 1. The van der Waals surface area contributed by atoms with Crippen molar-refractivity contribution in [3.05, 3.63) is 35.4 Å². The van der Waals surface area contributed by atoms with Crippen LogP contribution in [0.4, 0.5) is 0 Å². The van der Waals surface area contributed by atoms with E-state index < -0.39 is 0 Å². The lowest BCUT2D eigenvalue weighted by atomic mass is 10.0. The van der Waals surface area contributed by atoms with E-state index >= 15 is 0 Å². The van der Waals surface area contributed by atoms with Gasteiger partial charge in [-0.25, -0.2) is 0 Å². The SMILES string of the molecule is C[C@H]1CCCCN1CCNC(=O)c1cccc(C#N)c1. The van der Waals surface area contributed by atoms with Crippen LogP contribution in [-0.2, 0) is 0 Å². The summed E-state index contributed by atoms with van der Waals surface area (Å²) in [6.45, 7) is 4.92. The summed E-state index contributed by atoms with van der Waals surface area (Å²) < 4.78 is 0. The molecule has 106 valence electrons. The molecular weight excluding hydrogens is 250 g/mol. The molecule has 1 aromatic carbocycles. The van der Waals surface area contributed by atoms with Crippen LogP contribution in [0.3, 0.4) is 0 Å². The van der Waals surface area contributed by atoms with Gasteiger partial charge in [-0.2, -0.15) is 5.26 Å². The molecule has 1 atom stereocenters. The van der Waals surface area contributed by atoms with Crippen LogP contribution in [-0.4, -0.2) is 36.5 Å². The molecule has 2 rings (SSSR count). The molecular formula is C16H21N3O. The number of carbonyl (C=O) groups is 1. The molecule has 20 heavy (non-hydrogen) atoms. The fourth-order valence-electron chi connectivity index (χ4n) is 2.63. The normalized spacial score (nSPS) is 19.3. The molecule has 1 fully saturated rings. The Balaban J connectivity index is 1.81. The van der Waals surface area contributed by atoms with Crippen LogP contribution in [0.2, 0.25) is 0 Å². The smallest absolute Gasteiger partial charge is 0.251 e. The molecule has 4 nitrogen and oxygen atoms in total. The van der Waals surface area contributed by atoms with E-state index in [4.69, 9.17) is 5.26 Å². The van der Waals surface area contributed by atoms with Crippen LogP contribution in [0, 0.1) is 11.3 Å². The fraction of sp³-hybridized carbons (Fsp3) is 0.500. The van der Waals surface area contributed by atoms with Crippen LogP contribution < -0.4 is 5.32 Å². The summed E-state index contributed by atoms with van der Waals surface area (Å²) in [6, 6.07) is 9.46. The van der Waals surface area contributed by atoms with E-state index in [0.717, 1.165) is 13.1 Å². The zero-order chi connectivity index (χ0) is 14.4. The third-order valence-corrected chi connectivity index (χ3v) is 3.88. The number of carbonyl (C=O) groups excluding carboxylic acids is 1. The van der Waals surface area contributed by atoms with E-state index in [2.05, 4.69) is 17.1 Å². The van der Waals surface area contributed by atoms with Crippen LogP contribution >= 0.6 is 0 Å². The molecule has 0 saturated carbocycles. The summed E-state index contributed by atoms with van der Waals surface area (Å²) in [4.78, 5) is 14.4. The minimum atomic E-state index is -0.105. The Morgan fingerprint density at radius 1 is 1.50 bits per heavy atom. The highest BCUT2D eigenvalue weighted by atomic mass is 16.1. The number of likely N-dealkylation sites (tertiary alicyclic amines) is 1. The van der Waals surface area contributed by atoms with Gasteiger partial charge in [0.05, 0.1) is 11.6 Å². The Morgan fingerprint density at radius 2 is 2.35 bits per heavy atom. The highest BCUT2D eigenvalue weighted by molar-refractivity contribution is 5.94. The van der Waals surface area contributed by atoms with E-state index in [1.54, 1.807) is 24.3 Å². The summed E-state index contributed by atoms with van der Waals surface area (Å²) in [6.07, 6.45) is 3.81. The second-order valence-corrected chi connectivity index (χ2v) is 5.33. The second-order valence-electron chi connectivity index (χ2n) is 5.33. The summed E-state index contributed by atoms with van der Waals surface area (Å²) >= 11 is 0. The lowest BCUT2D eigenvalue weighted by Crippen LogP contribution is -2.42. The molecule has 1 amide bonds. The molecule has 1 aliphatic rings. The summed E-state index contributed by atoms with van der Waals surface area (Å²) in [5.74, 6) is -0.105. The van der Waals surface area contributed by atoms with Gasteiger partial charge in [0.2, 0.25) is 0 Å². The van der Waals surface area contributed by atoms with Crippen LogP contribution in [0.25, 0.3) is 0 Å². The van der Waals surface area contributed by atoms with Gasteiger partial charge >= 0.3 is 0 Å². The van der Waals surface area contributed by atoms with E-state index in [-0.39, 0.29) is 5.91 Å². The van der Waals surface area contributed by atoms with Gasteiger partial charge < -0.3 is 5.32 Å². The standard InChI is InChI=1S/C16H21N3O/c1-13-5-2-3-9-19(13)10-8-18-16(20)15-7-4-6-14(11-15)12-17/h4,6-7,11,13H,2-3,5,8-10H2,1H3,(H,18,20)/t13-/m0/s1. The van der Waals surface area contributed by atoms with Gasteiger partial charge in [-0.3, -0.25) is 9.69 Å². The zero-order valence-electron chi connectivity index (χ0n) is 11.9. The Morgan fingerprint density at radius 3 is 3.10 bits per heavy atom. The maximum Gasteiger partial charge on any atom is 0.251 e. The molecule has 0 spiro atoms. The van der Waals surface area contributed by atoms with E-state index in [9.17, 15) is 4.79 Å². The predicted molar refractivity (Wildman–Crippen MR) is 78.4 cm³/mol. The molecule has 0 bridgehead atoms. The molecule has 0 aromatic heterocycles. The van der Waals surface area contributed by atoms with Crippen molar-refractivity contribution in [1.82, 2.24) is 10.2 Å². The molecule has 0 unspecified atom stereocenters. The first kappa shape index (κ1) is 14.5.